The number of amides is 1. The molecule has 0 aromatic heterocycles. The highest BCUT2D eigenvalue weighted by molar-refractivity contribution is 9.10. The number of carboxylic acid groups (broad SMARTS) is 1. The van der Waals surface area contributed by atoms with Crippen molar-refractivity contribution in [1.82, 2.24) is 5.48 Å². The molecule has 8 nitrogen and oxygen atoms in total. The zero-order valence-electron chi connectivity index (χ0n) is 8.75. The lowest BCUT2D eigenvalue weighted by molar-refractivity contribution is -0.384. The number of nitro groups is 1. The Labute approximate surface area is 109 Å². The average molecular weight is 319 g/mol. The molecule has 0 aliphatic heterocycles. The summed E-state index contributed by atoms with van der Waals surface area (Å²) in [5.74, 6) is -2.04. The predicted octanol–water partition coefficient (Wildman–Crippen LogP) is 1.10. The monoisotopic (exact) mass is 318 g/mol. The normalized spacial score (nSPS) is 9.83. The first-order valence-electron chi connectivity index (χ1n) is 4.49. The number of benzene rings is 1. The third kappa shape index (κ3) is 3.79. The first-order chi connectivity index (χ1) is 8.41. The third-order valence-corrected chi connectivity index (χ3v) is 2.46. The van der Waals surface area contributed by atoms with Crippen molar-refractivity contribution in [2.24, 2.45) is 0 Å². The van der Waals surface area contributed by atoms with E-state index in [1.54, 1.807) is 0 Å². The van der Waals surface area contributed by atoms with Crippen LogP contribution < -0.4 is 5.48 Å². The number of non-ortho nitro benzene ring substituents is 1. The van der Waals surface area contributed by atoms with E-state index >= 15 is 0 Å². The molecule has 0 unspecified atom stereocenters. The van der Waals surface area contributed by atoms with E-state index in [0.717, 1.165) is 6.07 Å². The molecule has 9 heteroatoms. The number of nitro benzene ring substituents is 1. The molecule has 1 aromatic carbocycles. The maximum atomic E-state index is 11.5. The molecule has 0 saturated carbocycles. The number of nitrogens with one attached hydrogen (secondary N) is 1. The van der Waals surface area contributed by atoms with Crippen LogP contribution in [0.1, 0.15) is 10.4 Å². The standard InChI is InChI=1S/C9H7BrN2O6/c10-7-2-1-5(12(16)17)3-6(7)9(15)11-18-4-8(13)14/h1-3H,4H2,(H,11,15)(H,13,14). The number of hydrogen-bond acceptors (Lipinski definition) is 5. The van der Waals surface area contributed by atoms with Crippen molar-refractivity contribution >= 4 is 33.5 Å². The third-order valence-electron chi connectivity index (χ3n) is 1.77. The number of hydrogen-bond donors (Lipinski definition) is 2. The lowest BCUT2D eigenvalue weighted by atomic mass is 10.2. The van der Waals surface area contributed by atoms with Crippen LogP contribution in [0.3, 0.4) is 0 Å². The maximum absolute atomic E-state index is 11.5. The molecule has 96 valence electrons. The zero-order chi connectivity index (χ0) is 13.7. The highest BCUT2D eigenvalue weighted by Gasteiger charge is 2.15. The highest BCUT2D eigenvalue weighted by atomic mass is 79.9. The summed E-state index contributed by atoms with van der Waals surface area (Å²) in [6.07, 6.45) is 0. The Morgan fingerprint density at radius 1 is 1.50 bits per heavy atom. The van der Waals surface area contributed by atoms with Gasteiger partial charge in [-0.05, 0) is 22.0 Å². The molecule has 0 spiro atoms. The van der Waals surface area contributed by atoms with Gasteiger partial charge in [0.05, 0.1) is 10.5 Å². The summed E-state index contributed by atoms with van der Waals surface area (Å²) in [7, 11) is 0. The van der Waals surface area contributed by atoms with Crippen molar-refractivity contribution in [3.63, 3.8) is 0 Å². The summed E-state index contributed by atoms with van der Waals surface area (Å²) in [6, 6.07) is 3.60. The summed E-state index contributed by atoms with van der Waals surface area (Å²) in [6.45, 7) is -0.710. The van der Waals surface area contributed by atoms with E-state index < -0.39 is 23.4 Å². The zero-order valence-corrected chi connectivity index (χ0v) is 10.3. The van der Waals surface area contributed by atoms with Gasteiger partial charge in [0.25, 0.3) is 11.6 Å². The fraction of sp³-hybridized carbons (Fsp3) is 0.111. The number of rotatable bonds is 5. The SMILES string of the molecule is O=C(O)CONC(=O)c1cc([N+](=O)[O-])ccc1Br. The molecule has 2 N–H and O–H groups in total. The quantitative estimate of drug-likeness (QED) is 0.620. The Morgan fingerprint density at radius 2 is 2.17 bits per heavy atom. The van der Waals surface area contributed by atoms with Gasteiger partial charge in [-0.3, -0.25) is 19.7 Å². The van der Waals surface area contributed by atoms with Gasteiger partial charge >= 0.3 is 5.97 Å². The fourth-order valence-electron chi connectivity index (χ4n) is 1.02. The first kappa shape index (κ1) is 14.1. The maximum Gasteiger partial charge on any atom is 0.332 e. The molecule has 0 radical (unpaired) electrons. The van der Waals surface area contributed by atoms with Crippen LogP contribution >= 0.6 is 15.9 Å². The Kier molecular flexibility index (Phi) is 4.75. The second-order valence-corrected chi connectivity index (χ2v) is 3.89. The minimum absolute atomic E-state index is 0.0328. The molecule has 0 aliphatic carbocycles. The molecule has 0 atom stereocenters. The van der Waals surface area contributed by atoms with Gasteiger partial charge in [-0.2, -0.15) is 0 Å². The van der Waals surface area contributed by atoms with E-state index in [0.29, 0.717) is 4.47 Å². The molecule has 18 heavy (non-hydrogen) atoms. The van der Waals surface area contributed by atoms with Gasteiger partial charge in [0.15, 0.2) is 6.61 Å². The van der Waals surface area contributed by atoms with Crippen LogP contribution in [0.25, 0.3) is 0 Å². The Bertz CT molecular complexity index is 504. The second kappa shape index (κ2) is 6.07. The molecule has 0 saturated heterocycles. The van der Waals surface area contributed by atoms with Crippen molar-refractivity contribution in [2.45, 2.75) is 0 Å². The van der Waals surface area contributed by atoms with Crippen LogP contribution in [0.15, 0.2) is 22.7 Å². The number of halogens is 1. The van der Waals surface area contributed by atoms with E-state index in [4.69, 9.17) is 5.11 Å². The molecule has 0 bridgehead atoms. The van der Waals surface area contributed by atoms with E-state index in [1.165, 1.54) is 12.1 Å². The number of carboxylic acids is 1. The summed E-state index contributed by atoms with van der Waals surface area (Å²) in [5, 5.41) is 18.8. The minimum Gasteiger partial charge on any atom is -0.479 e. The molecule has 0 heterocycles. The van der Waals surface area contributed by atoms with Crippen molar-refractivity contribution in [3.05, 3.63) is 38.3 Å². The van der Waals surface area contributed by atoms with Gasteiger partial charge in [0.1, 0.15) is 0 Å². The first-order valence-corrected chi connectivity index (χ1v) is 5.29. The van der Waals surface area contributed by atoms with E-state index in [2.05, 4.69) is 20.8 Å². The molecule has 0 fully saturated rings. The Hall–Kier alpha value is -2.00. The van der Waals surface area contributed by atoms with Crippen LogP contribution in [0.4, 0.5) is 5.69 Å². The smallest absolute Gasteiger partial charge is 0.332 e. The van der Waals surface area contributed by atoms with E-state index in [-0.39, 0.29) is 11.3 Å². The van der Waals surface area contributed by atoms with Crippen LogP contribution in [-0.4, -0.2) is 28.5 Å². The molecular formula is C9H7BrN2O6. The number of carbonyl (C=O) groups is 2. The number of aliphatic carboxylic acids is 1. The predicted molar refractivity (Wildman–Crippen MR) is 61.9 cm³/mol. The molecular weight excluding hydrogens is 312 g/mol. The molecule has 1 amide bonds. The lowest BCUT2D eigenvalue weighted by Gasteiger charge is -2.05. The largest absolute Gasteiger partial charge is 0.479 e. The van der Waals surface area contributed by atoms with Crippen molar-refractivity contribution in [2.75, 3.05) is 6.61 Å². The molecule has 0 aliphatic rings. The number of nitrogens with zero attached hydrogens (tertiary/aromatic N) is 1. The second-order valence-electron chi connectivity index (χ2n) is 3.03. The van der Waals surface area contributed by atoms with Gasteiger partial charge in [-0.15, -0.1) is 0 Å². The molecule has 1 rings (SSSR count). The number of hydroxylamine groups is 1. The lowest BCUT2D eigenvalue weighted by Crippen LogP contribution is -2.26. The fourth-order valence-corrected chi connectivity index (χ4v) is 1.45. The van der Waals surface area contributed by atoms with Gasteiger partial charge in [0, 0.05) is 16.6 Å². The number of carbonyl (C=O) groups excluding carboxylic acids is 1. The van der Waals surface area contributed by atoms with Crippen molar-refractivity contribution in [3.8, 4) is 0 Å². The van der Waals surface area contributed by atoms with E-state index in [1.807, 2.05) is 5.48 Å². The molecule has 1 aromatic rings. The van der Waals surface area contributed by atoms with Crippen LogP contribution in [0.2, 0.25) is 0 Å². The summed E-state index contributed by atoms with van der Waals surface area (Å²) >= 11 is 3.05. The van der Waals surface area contributed by atoms with Crippen molar-refractivity contribution < 1.29 is 24.5 Å². The van der Waals surface area contributed by atoms with Crippen LogP contribution in [0.5, 0.6) is 0 Å². The van der Waals surface area contributed by atoms with Crippen molar-refractivity contribution in [1.29, 1.82) is 0 Å². The summed E-state index contributed by atoms with van der Waals surface area (Å²) in [5.41, 5.74) is 1.57. The van der Waals surface area contributed by atoms with Gasteiger partial charge in [-0.25, -0.2) is 10.3 Å². The Morgan fingerprint density at radius 3 is 2.72 bits per heavy atom. The van der Waals surface area contributed by atoms with Crippen LogP contribution in [0, 0.1) is 10.1 Å². The van der Waals surface area contributed by atoms with E-state index in [9.17, 15) is 19.7 Å². The van der Waals surface area contributed by atoms with Gasteiger partial charge in [-0.1, -0.05) is 0 Å². The summed E-state index contributed by atoms with van der Waals surface area (Å²) < 4.78 is 0.324. The topological polar surface area (TPSA) is 119 Å². The van der Waals surface area contributed by atoms with Crippen LogP contribution in [-0.2, 0) is 9.63 Å². The van der Waals surface area contributed by atoms with Gasteiger partial charge < -0.3 is 5.11 Å². The highest BCUT2D eigenvalue weighted by Crippen LogP contribution is 2.22. The van der Waals surface area contributed by atoms with Gasteiger partial charge in [0.2, 0.25) is 0 Å². The Balaban J connectivity index is 2.81. The minimum atomic E-state index is -1.26. The average Bonchev–Trinajstić information content (AvgIpc) is 2.28. The summed E-state index contributed by atoms with van der Waals surface area (Å²) in [4.78, 5) is 36.0.